The van der Waals surface area contributed by atoms with Crippen LogP contribution in [0.25, 0.3) is 11.1 Å². The molecule has 0 bridgehead atoms. The van der Waals surface area contributed by atoms with E-state index >= 15 is 0 Å². The molecule has 0 aliphatic carbocycles. The molecule has 2 N–H and O–H groups in total. The fraction of sp³-hybridized carbons (Fsp3) is 0.368. The van der Waals surface area contributed by atoms with Crippen LogP contribution in [-0.4, -0.2) is 36.1 Å². The fourth-order valence-corrected chi connectivity index (χ4v) is 2.00. The molecular weight excluding hydrogens is 292 g/mol. The van der Waals surface area contributed by atoms with Crippen LogP contribution in [0.4, 0.5) is 0 Å². The standard InChI is InChI=1S/C19H24O4/c1-14(11-20)12-22-18-7-3-16(4-8-18)17-5-9-19(10-6-17)23-13-15(2)21/h3-10,14-15,20-21H,11-13H2,1-2H3. The van der Waals surface area contributed by atoms with Gasteiger partial charge in [-0.25, -0.2) is 0 Å². The maximum atomic E-state index is 9.22. The maximum Gasteiger partial charge on any atom is 0.119 e. The van der Waals surface area contributed by atoms with Crippen molar-refractivity contribution in [3.8, 4) is 22.6 Å². The van der Waals surface area contributed by atoms with Crippen LogP contribution in [0.2, 0.25) is 0 Å². The van der Waals surface area contributed by atoms with Crippen molar-refractivity contribution in [1.29, 1.82) is 0 Å². The number of rotatable bonds is 8. The Morgan fingerprint density at radius 1 is 0.783 bits per heavy atom. The van der Waals surface area contributed by atoms with Gasteiger partial charge in [-0.2, -0.15) is 0 Å². The molecule has 2 aromatic rings. The molecule has 2 atom stereocenters. The van der Waals surface area contributed by atoms with Crippen molar-refractivity contribution in [3.63, 3.8) is 0 Å². The lowest BCUT2D eigenvalue weighted by Crippen LogP contribution is -2.12. The van der Waals surface area contributed by atoms with Crippen molar-refractivity contribution < 1.29 is 19.7 Å². The molecule has 0 radical (unpaired) electrons. The van der Waals surface area contributed by atoms with Gasteiger partial charge in [-0.05, 0) is 42.3 Å². The summed E-state index contributed by atoms with van der Waals surface area (Å²) in [5.41, 5.74) is 2.18. The highest BCUT2D eigenvalue weighted by molar-refractivity contribution is 5.64. The van der Waals surface area contributed by atoms with Gasteiger partial charge in [0.2, 0.25) is 0 Å². The fourth-order valence-electron chi connectivity index (χ4n) is 2.00. The number of hydrogen-bond acceptors (Lipinski definition) is 4. The molecule has 0 heterocycles. The quantitative estimate of drug-likeness (QED) is 0.785. The molecule has 0 aromatic heterocycles. The molecule has 0 saturated carbocycles. The van der Waals surface area contributed by atoms with Crippen LogP contribution in [-0.2, 0) is 0 Å². The summed E-state index contributed by atoms with van der Waals surface area (Å²) in [7, 11) is 0. The van der Waals surface area contributed by atoms with Crippen LogP contribution in [0.3, 0.4) is 0 Å². The third-order valence-electron chi connectivity index (χ3n) is 3.38. The Labute approximate surface area is 137 Å². The van der Waals surface area contributed by atoms with Crippen molar-refractivity contribution >= 4 is 0 Å². The third-order valence-corrected chi connectivity index (χ3v) is 3.38. The molecule has 2 rings (SSSR count). The molecule has 0 fully saturated rings. The first kappa shape index (κ1) is 17.3. The second kappa shape index (κ2) is 8.56. The molecule has 124 valence electrons. The maximum absolute atomic E-state index is 9.22. The molecule has 23 heavy (non-hydrogen) atoms. The van der Waals surface area contributed by atoms with E-state index in [9.17, 15) is 5.11 Å². The predicted octanol–water partition coefficient (Wildman–Crippen LogP) is 3.12. The summed E-state index contributed by atoms with van der Waals surface area (Å²) >= 11 is 0. The summed E-state index contributed by atoms with van der Waals surface area (Å²) in [5.74, 6) is 1.67. The Balaban J connectivity index is 1.96. The summed E-state index contributed by atoms with van der Waals surface area (Å²) in [6.45, 7) is 4.55. The molecule has 0 aliphatic heterocycles. The van der Waals surface area contributed by atoms with Crippen LogP contribution in [0, 0.1) is 5.92 Å². The lowest BCUT2D eigenvalue weighted by Gasteiger charge is -2.11. The van der Waals surface area contributed by atoms with Gasteiger partial charge in [0.1, 0.15) is 18.1 Å². The van der Waals surface area contributed by atoms with Gasteiger partial charge in [0.25, 0.3) is 0 Å². The molecule has 4 nitrogen and oxygen atoms in total. The van der Waals surface area contributed by atoms with E-state index in [1.54, 1.807) is 6.92 Å². The van der Waals surface area contributed by atoms with E-state index in [1.165, 1.54) is 0 Å². The lowest BCUT2D eigenvalue weighted by atomic mass is 10.1. The minimum absolute atomic E-state index is 0.127. The van der Waals surface area contributed by atoms with Gasteiger partial charge < -0.3 is 19.7 Å². The first-order valence-electron chi connectivity index (χ1n) is 7.83. The topological polar surface area (TPSA) is 58.9 Å². The lowest BCUT2D eigenvalue weighted by molar-refractivity contribution is 0.123. The highest BCUT2D eigenvalue weighted by Gasteiger charge is 2.03. The summed E-state index contributed by atoms with van der Waals surface area (Å²) in [6, 6.07) is 15.6. The van der Waals surface area contributed by atoms with Crippen molar-refractivity contribution in [2.75, 3.05) is 19.8 Å². The van der Waals surface area contributed by atoms with Crippen LogP contribution >= 0.6 is 0 Å². The van der Waals surface area contributed by atoms with E-state index < -0.39 is 6.10 Å². The Morgan fingerprint density at radius 2 is 1.22 bits per heavy atom. The smallest absolute Gasteiger partial charge is 0.119 e. The summed E-state index contributed by atoms with van der Waals surface area (Å²) in [6.07, 6.45) is -0.476. The minimum Gasteiger partial charge on any atom is -0.493 e. The molecule has 0 amide bonds. The van der Waals surface area contributed by atoms with Crippen LogP contribution in [0.5, 0.6) is 11.5 Å². The molecule has 0 spiro atoms. The number of benzene rings is 2. The molecule has 0 aliphatic rings. The molecule has 2 aromatic carbocycles. The summed E-state index contributed by atoms with van der Waals surface area (Å²) in [4.78, 5) is 0. The van der Waals surface area contributed by atoms with E-state index in [1.807, 2.05) is 55.5 Å². The number of aliphatic hydroxyl groups is 2. The van der Waals surface area contributed by atoms with Crippen LogP contribution < -0.4 is 9.47 Å². The minimum atomic E-state index is -0.476. The predicted molar refractivity (Wildman–Crippen MR) is 90.8 cm³/mol. The first-order chi connectivity index (χ1) is 11.1. The highest BCUT2D eigenvalue weighted by atomic mass is 16.5. The molecule has 4 heteroatoms. The van der Waals surface area contributed by atoms with E-state index in [4.69, 9.17) is 14.6 Å². The van der Waals surface area contributed by atoms with Gasteiger partial charge >= 0.3 is 0 Å². The average molecular weight is 316 g/mol. The van der Waals surface area contributed by atoms with Crippen LogP contribution in [0.15, 0.2) is 48.5 Å². The van der Waals surface area contributed by atoms with Crippen molar-refractivity contribution in [2.24, 2.45) is 5.92 Å². The zero-order valence-corrected chi connectivity index (χ0v) is 13.6. The third kappa shape index (κ3) is 5.58. The first-order valence-corrected chi connectivity index (χ1v) is 7.83. The number of ether oxygens (including phenoxy) is 2. The van der Waals surface area contributed by atoms with E-state index in [0.29, 0.717) is 6.61 Å². The Bertz CT molecular complexity index is 575. The second-order valence-electron chi connectivity index (χ2n) is 5.81. The number of aliphatic hydroxyl groups excluding tert-OH is 2. The number of hydrogen-bond donors (Lipinski definition) is 2. The van der Waals surface area contributed by atoms with Crippen molar-refractivity contribution in [3.05, 3.63) is 48.5 Å². The summed E-state index contributed by atoms with van der Waals surface area (Å²) < 4.78 is 11.1. The Kier molecular flexibility index (Phi) is 6.44. The van der Waals surface area contributed by atoms with Crippen molar-refractivity contribution in [1.82, 2.24) is 0 Å². The monoisotopic (exact) mass is 316 g/mol. The molecular formula is C19H24O4. The Hall–Kier alpha value is -2.04. The highest BCUT2D eigenvalue weighted by Crippen LogP contribution is 2.25. The SMILES string of the molecule is CC(O)COc1ccc(-c2ccc(OCC(C)CO)cc2)cc1. The van der Waals surface area contributed by atoms with Crippen LogP contribution in [0.1, 0.15) is 13.8 Å². The van der Waals surface area contributed by atoms with Gasteiger partial charge in [-0.15, -0.1) is 0 Å². The second-order valence-corrected chi connectivity index (χ2v) is 5.81. The van der Waals surface area contributed by atoms with Gasteiger partial charge in [0.05, 0.1) is 12.7 Å². The van der Waals surface area contributed by atoms with Gasteiger partial charge in [-0.3, -0.25) is 0 Å². The van der Waals surface area contributed by atoms with Gasteiger partial charge in [0, 0.05) is 12.5 Å². The molecule has 0 saturated heterocycles. The zero-order valence-electron chi connectivity index (χ0n) is 13.6. The van der Waals surface area contributed by atoms with E-state index in [2.05, 4.69) is 0 Å². The van der Waals surface area contributed by atoms with Crippen molar-refractivity contribution in [2.45, 2.75) is 20.0 Å². The summed E-state index contributed by atoms with van der Waals surface area (Å²) in [5, 5.41) is 18.2. The largest absolute Gasteiger partial charge is 0.493 e. The van der Waals surface area contributed by atoms with E-state index in [-0.39, 0.29) is 19.1 Å². The molecule has 2 unspecified atom stereocenters. The van der Waals surface area contributed by atoms with E-state index in [0.717, 1.165) is 22.6 Å². The normalized spacial score (nSPS) is 13.4. The zero-order chi connectivity index (χ0) is 16.7. The Morgan fingerprint density at radius 3 is 1.61 bits per heavy atom. The average Bonchev–Trinajstić information content (AvgIpc) is 2.58. The van der Waals surface area contributed by atoms with Gasteiger partial charge in [0.15, 0.2) is 0 Å². The van der Waals surface area contributed by atoms with Gasteiger partial charge in [-0.1, -0.05) is 31.2 Å².